The van der Waals surface area contributed by atoms with Gasteiger partial charge in [-0.1, -0.05) is 0 Å². The summed E-state index contributed by atoms with van der Waals surface area (Å²) >= 11 is 0. The molecule has 0 atom stereocenters. The largest absolute Gasteiger partial charge is 0.502 e. The highest BCUT2D eigenvalue weighted by Gasteiger charge is 2.53. The van der Waals surface area contributed by atoms with Gasteiger partial charge in [0, 0.05) is 31.2 Å². The number of amides is 1. The molecule has 2 fully saturated rings. The van der Waals surface area contributed by atoms with E-state index in [-0.39, 0.29) is 11.3 Å². The van der Waals surface area contributed by atoms with Crippen LogP contribution in [-0.4, -0.2) is 52.9 Å². The highest BCUT2D eigenvalue weighted by Crippen LogP contribution is 2.52. The number of hydrogen-bond donors (Lipinski definition) is 1. The molecular formula is C12H14F3N3O4S. The predicted octanol–water partition coefficient (Wildman–Crippen LogP) is 1.57. The number of alkyl halides is 3. The van der Waals surface area contributed by atoms with E-state index in [1.807, 2.05) is 0 Å². The van der Waals surface area contributed by atoms with Crippen LogP contribution < -0.4 is 0 Å². The molecule has 0 unspecified atom stereocenters. The Hall–Kier alpha value is -1.78. The number of likely N-dealkylation sites (tertiary alicyclic amines) is 1. The molecule has 1 N–H and O–H groups in total. The summed E-state index contributed by atoms with van der Waals surface area (Å²) in [7, 11) is -5.37. The van der Waals surface area contributed by atoms with Crippen LogP contribution in [0.5, 0.6) is 0 Å². The number of hydrogen-bond acceptors (Lipinski definition) is 4. The predicted molar refractivity (Wildman–Crippen MR) is 70.2 cm³/mol. The molecular weight excluding hydrogens is 339 g/mol. The summed E-state index contributed by atoms with van der Waals surface area (Å²) in [6.07, 6.45) is 2.16. The summed E-state index contributed by atoms with van der Waals surface area (Å²) in [6.45, 7) is 1.28. The third-order valence-electron chi connectivity index (χ3n) is 4.44. The van der Waals surface area contributed by atoms with Crippen LogP contribution in [0.2, 0.25) is 0 Å². The van der Waals surface area contributed by atoms with Crippen LogP contribution in [0.4, 0.5) is 18.0 Å². The SMILES string of the molecule is O=C(O)N1CC2(CC(Cn3cc(S(=O)(=O)C(F)(F)F)cn3)C2)C1. The van der Waals surface area contributed by atoms with E-state index in [0.29, 0.717) is 25.8 Å². The van der Waals surface area contributed by atoms with Crippen molar-refractivity contribution in [3.05, 3.63) is 12.4 Å². The van der Waals surface area contributed by atoms with Crippen molar-refractivity contribution in [3.8, 4) is 0 Å². The Morgan fingerprint density at radius 3 is 2.52 bits per heavy atom. The molecule has 128 valence electrons. The van der Waals surface area contributed by atoms with Gasteiger partial charge >= 0.3 is 11.6 Å². The molecule has 7 nitrogen and oxygen atoms in total. The zero-order chi connectivity index (χ0) is 17.0. The molecule has 1 saturated carbocycles. The molecule has 1 saturated heterocycles. The van der Waals surface area contributed by atoms with Crippen molar-refractivity contribution in [1.29, 1.82) is 0 Å². The van der Waals surface area contributed by atoms with Crippen molar-refractivity contribution < 1.29 is 31.5 Å². The van der Waals surface area contributed by atoms with Gasteiger partial charge in [-0.15, -0.1) is 0 Å². The van der Waals surface area contributed by atoms with E-state index in [0.717, 1.165) is 19.0 Å². The van der Waals surface area contributed by atoms with Crippen LogP contribution in [-0.2, 0) is 16.4 Å². The summed E-state index contributed by atoms with van der Waals surface area (Å²) in [5.41, 5.74) is -5.36. The summed E-state index contributed by atoms with van der Waals surface area (Å²) in [6, 6.07) is 0. The fourth-order valence-corrected chi connectivity index (χ4v) is 4.15. The third kappa shape index (κ3) is 2.66. The second-order valence-electron chi connectivity index (χ2n) is 6.26. The molecule has 0 aromatic carbocycles. The van der Waals surface area contributed by atoms with Crippen LogP contribution >= 0.6 is 0 Å². The molecule has 1 spiro atoms. The maximum atomic E-state index is 12.4. The van der Waals surface area contributed by atoms with Gasteiger partial charge in [0.1, 0.15) is 4.90 Å². The Kier molecular flexibility index (Phi) is 3.40. The Morgan fingerprint density at radius 2 is 2.00 bits per heavy atom. The van der Waals surface area contributed by atoms with Gasteiger partial charge in [0.15, 0.2) is 0 Å². The van der Waals surface area contributed by atoms with Crippen molar-refractivity contribution in [1.82, 2.24) is 14.7 Å². The smallest absolute Gasteiger partial charge is 0.465 e. The summed E-state index contributed by atoms with van der Waals surface area (Å²) < 4.78 is 61.1. The number of rotatable bonds is 3. The van der Waals surface area contributed by atoms with Gasteiger partial charge in [-0.25, -0.2) is 13.2 Å². The summed E-state index contributed by atoms with van der Waals surface area (Å²) in [5.74, 6) is 0.160. The first-order valence-corrected chi connectivity index (χ1v) is 8.32. The van der Waals surface area contributed by atoms with Gasteiger partial charge in [-0.05, 0) is 18.8 Å². The molecule has 1 aliphatic heterocycles. The normalized spacial score (nSPS) is 21.1. The number of aromatic nitrogens is 2. The number of halogens is 3. The second kappa shape index (κ2) is 4.86. The molecule has 1 aliphatic carbocycles. The van der Waals surface area contributed by atoms with Crippen LogP contribution in [0.25, 0.3) is 0 Å². The fourth-order valence-electron chi connectivity index (χ4n) is 3.43. The van der Waals surface area contributed by atoms with E-state index >= 15 is 0 Å². The molecule has 1 amide bonds. The average molecular weight is 353 g/mol. The minimum absolute atomic E-state index is 0.0168. The molecule has 23 heavy (non-hydrogen) atoms. The maximum Gasteiger partial charge on any atom is 0.502 e. The minimum atomic E-state index is -5.37. The number of carbonyl (C=O) groups is 1. The van der Waals surface area contributed by atoms with Crippen LogP contribution in [0, 0.1) is 11.3 Å². The zero-order valence-electron chi connectivity index (χ0n) is 11.8. The highest BCUT2D eigenvalue weighted by molar-refractivity contribution is 7.92. The average Bonchev–Trinajstić information content (AvgIpc) is 2.77. The second-order valence-corrected chi connectivity index (χ2v) is 8.20. The van der Waals surface area contributed by atoms with E-state index < -0.39 is 26.3 Å². The number of nitrogens with zero attached hydrogens (tertiary/aromatic N) is 3. The van der Waals surface area contributed by atoms with Crippen LogP contribution in [0.1, 0.15) is 12.8 Å². The quantitative estimate of drug-likeness (QED) is 0.890. The minimum Gasteiger partial charge on any atom is -0.465 e. The first-order chi connectivity index (χ1) is 10.5. The summed E-state index contributed by atoms with van der Waals surface area (Å²) in [5, 5.41) is 12.5. The van der Waals surface area contributed by atoms with Crippen molar-refractivity contribution >= 4 is 15.9 Å². The highest BCUT2D eigenvalue weighted by atomic mass is 32.2. The first-order valence-electron chi connectivity index (χ1n) is 6.84. The van der Waals surface area contributed by atoms with Crippen molar-refractivity contribution in [3.63, 3.8) is 0 Å². The van der Waals surface area contributed by atoms with Crippen molar-refractivity contribution in [2.24, 2.45) is 11.3 Å². The van der Waals surface area contributed by atoms with Gasteiger partial charge < -0.3 is 10.0 Å². The Bertz CT molecular complexity index is 729. The van der Waals surface area contributed by atoms with E-state index in [9.17, 15) is 26.4 Å². The van der Waals surface area contributed by atoms with Gasteiger partial charge in [0.2, 0.25) is 0 Å². The monoisotopic (exact) mass is 353 g/mol. The van der Waals surface area contributed by atoms with E-state index in [4.69, 9.17) is 5.11 Å². The van der Waals surface area contributed by atoms with Gasteiger partial charge in [0.25, 0.3) is 9.84 Å². The van der Waals surface area contributed by atoms with Crippen molar-refractivity contribution in [2.75, 3.05) is 13.1 Å². The van der Waals surface area contributed by atoms with Crippen molar-refractivity contribution in [2.45, 2.75) is 29.8 Å². The Balaban J connectivity index is 1.57. The van der Waals surface area contributed by atoms with E-state index in [1.165, 1.54) is 9.58 Å². The molecule has 0 bridgehead atoms. The molecule has 11 heteroatoms. The Labute approximate surface area is 129 Å². The molecule has 3 rings (SSSR count). The number of sulfone groups is 1. The molecule has 1 aromatic heterocycles. The summed E-state index contributed by atoms with van der Waals surface area (Å²) in [4.78, 5) is 11.2. The molecule has 2 aliphatic rings. The topological polar surface area (TPSA) is 92.5 Å². The lowest BCUT2D eigenvalue weighted by Crippen LogP contribution is -2.63. The third-order valence-corrected chi connectivity index (χ3v) is 5.88. The van der Waals surface area contributed by atoms with Crippen LogP contribution in [0.3, 0.4) is 0 Å². The molecule has 2 heterocycles. The standard InChI is InChI=1S/C12H14F3N3O4S/c13-12(14,15)23(21,22)9-3-16-18(5-9)4-8-1-11(2-8)6-17(7-11)10(19)20/h3,5,8H,1-2,4,6-7H2,(H,19,20). The lowest BCUT2D eigenvalue weighted by molar-refractivity contribution is -0.0844. The van der Waals surface area contributed by atoms with Crippen LogP contribution in [0.15, 0.2) is 17.3 Å². The maximum absolute atomic E-state index is 12.4. The molecule has 0 radical (unpaired) electrons. The van der Waals surface area contributed by atoms with Gasteiger partial charge in [-0.2, -0.15) is 18.3 Å². The van der Waals surface area contributed by atoms with E-state index in [1.54, 1.807) is 0 Å². The van der Waals surface area contributed by atoms with Gasteiger partial charge in [-0.3, -0.25) is 4.68 Å². The Morgan fingerprint density at radius 1 is 1.39 bits per heavy atom. The lowest BCUT2D eigenvalue weighted by atomic mass is 9.58. The van der Waals surface area contributed by atoms with Gasteiger partial charge in [0.05, 0.1) is 6.20 Å². The lowest BCUT2D eigenvalue weighted by Gasteiger charge is -2.58. The van der Waals surface area contributed by atoms with E-state index in [2.05, 4.69) is 5.10 Å². The molecule has 1 aromatic rings. The fraction of sp³-hybridized carbons (Fsp3) is 0.667. The zero-order valence-corrected chi connectivity index (χ0v) is 12.6. The first kappa shape index (κ1) is 16.1. The number of carboxylic acid groups (broad SMARTS) is 1.